The van der Waals surface area contributed by atoms with Gasteiger partial charge in [-0.3, -0.25) is 0 Å². The van der Waals surface area contributed by atoms with E-state index in [0.29, 0.717) is 29.7 Å². The topological polar surface area (TPSA) is 50.7 Å². The summed E-state index contributed by atoms with van der Waals surface area (Å²) in [5, 5.41) is 13.7. The molecular weight excluding hydrogens is 290 g/mol. The zero-order chi connectivity index (χ0) is 15.2. The average Bonchev–Trinajstić information content (AvgIpc) is 2.48. The summed E-state index contributed by atoms with van der Waals surface area (Å²) in [6, 6.07) is 10.7. The number of aromatic hydroxyl groups is 1. The number of rotatable bonds is 6. The van der Waals surface area contributed by atoms with E-state index in [-0.39, 0.29) is 5.75 Å². The van der Waals surface area contributed by atoms with Crippen LogP contribution in [-0.4, -0.2) is 18.8 Å². The monoisotopic (exact) mass is 307 g/mol. The van der Waals surface area contributed by atoms with Gasteiger partial charge in [-0.2, -0.15) is 0 Å². The smallest absolute Gasteiger partial charge is 0.138 e. The molecule has 0 saturated heterocycles. The number of hydrogen-bond donors (Lipinski definition) is 2. The number of nitrogens with one attached hydrogen (secondary N) is 1. The third-order valence-electron chi connectivity index (χ3n) is 3.01. The summed E-state index contributed by atoms with van der Waals surface area (Å²) in [6.07, 6.45) is 0. The number of halogens is 1. The van der Waals surface area contributed by atoms with Crippen molar-refractivity contribution in [3.8, 4) is 17.2 Å². The molecule has 0 radical (unpaired) electrons. The fourth-order valence-corrected chi connectivity index (χ4v) is 2.14. The second-order valence-corrected chi connectivity index (χ2v) is 4.83. The van der Waals surface area contributed by atoms with E-state index >= 15 is 0 Å². The van der Waals surface area contributed by atoms with Crippen LogP contribution < -0.4 is 14.8 Å². The lowest BCUT2D eigenvalue weighted by Gasteiger charge is -2.11. The van der Waals surface area contributed by atoms with Crippen LogP contribution in [0, 0.1) is 0 Å². The minimum Gasteiger partial charge on any atom is -0.507 e. The molecule has 0 atom stereocenters. The number of ether oxygens (including phenoxy) is 2. The highest BCUT2D eigenvalue weighted by Crippen LogP contribution is 2.29. The van der Waals surface area contributed by atoms with Crippen molar-refractivity contribution in [3.05, 3.63) is 47.0 Å². The summed E-state index contributed by atoms with van der Waals surface area (Å²) in [5.74, 6) is 1.48. The van der Waals surface area contributed by atoms with Crippen molar-refractivity contribution >= 4 is 17.3 Å². The predicted octanol–water partition coefficient (Wildman–Crippen LogP) is 4.07. The summed E-state index contributed by atoms with van der Waals surface area (Å²) in [4.78, 5) is 0. The van der Waals surface area contributed by atoms with Crippen LogP contribution >= 0.6 is 11.6 Å². The first-order valence-electron chi connectivity index (χ1n) is 6.66. The second-order valence-electron chi connectivity index (χ2n) is 4.43. The molecule has 5 heteroatoms. The Hall–Kier alpha value is -2.07. The van der Waals surface area contributed by atoms with E-state index < -0.39 is 0 Å². The van der Waals surface area contributed by atoms with Crippen LogP contribution in [0.25, 0.3) is 0 Å². The van der Waals surface area contributed by atoms with Gasteiger partial charge in [0.25, 0.3) is 0 Å². The minimum absolute atomic E-state index is 0.193. The lowest BCUT2D eigenvalue weighted by atomic mass is 10.2. The molecule has 2 aromatic carbocycles. The summed E-state index contributed by atoms with van der Waals surface area (Å²) in [5.41, 5.74) is 1.64. The quantitative estimate of drug-likeness (QED) is 0.845. The summed E-state index contributed by atoms with van der Waals surface area (Å²) < 4.78 is 10.4. The predicted molar refractivity (Wildman–Crippen MR) is 84.6 cm³/mol. The van der Waals surface area contributed by atoms with Gasteiger partial charge < -0.3 is 19.9 Å². The van der Waals surface area contributed by atoms with E-state index in [2.05, 4.69) is 5.32 Å². The van der Waals surface area contributed by atoms with E-state index in [1.807, 2.05) is 31.2 Å². The fraction of sp³-hybridized carbons (Fsp3) is 0.250. The molecule has 0 heterocycles. The molecule has 0 bridgehead atoms. The Balaban J connectivity index is 2.04. The Labute approximate surface area is 129 Å². The number of phenolic OH excluding ortho intramolecular Hbond substituents is 1. The van der Waals surface area contributed by atoms with E-state index in [9.17, 15) is 5.11 Å². The highest BCUT2D eigenvalue weighted by molar-refractivity contribution is 6.32. The molecule has 0 spiro atoms. The third-order valence-corrected chi connectivity index (χ3v) is 3.30. The van der Waals surface area contributed by atoms with Crippen molar-refractivity contribution in [2.45, 2.75) is 13.5 Å². The molecule has 0 aliphatic carbocycles. The van der Waals surface area contributed by atoms with Crippen LogP contribution in [0.5, 0.6) is 17.2 Å². The zero-order valence-electron chi connectivity index (χ0n) is 12.0. The van der Waals surface area contributed by atoms with Crippen molar-refractivity contribution in [3.63, 3.8) is 0 Å². The van der Waals surface area contributed by atoms with Gasteiger partial charge >= 0.3 is 0 Å². The number of benzene rings is 2. The minimum atomic E-state index is 0.193. The molecule has 112 valence electrons. The highest BCUT2D eigenvalue weighted by Gasteiger charge is 2.05. The van der Waals surface area contributed by atoms with Gasteiger partial charge in [0, 0.05) is 23.9 Å². The lowest BCUT2D eigenvalue weighted by molar-refractivity contribution is 0.340. The Morgan fingerprint density at radius 1 is 1.19 bits per heavy atom. The molecule has 0 saturated carbocycles. The maximum atomic E-state index is 9.90. The summed E-state index contributed by atoms with van der Waals surface area (Å²) >= 11 is 6.13. The van der Waals surface area contributed by atoms with Crippen molar-refractivity contribution in [1.82, 2.24) is 0 Å². The Morgan fingerprint density at radius 2 is 2.00 bits per heavy atom. The van der Waals surface area contributed by atoms with Gasteiger partial charge in [0.1, 0.15) is 17.2 Å². The van der Waals surface area contributed by atoms with Crippen molar-refractivity contribution in [2.75, 3.05) is 19.0 Å². The van der Waals surface area contributed by atoms with Crippen LogP contribution in [0.2, 0.25) is 5.02 Å². The number of anilines is 1. The normalized spacial score (nSPS) is 10.2. The molecule has 0 unspecified atom stereocenters. The van der Waals surface area contributed by atoms with Gasteiger partial charge in [-0.25, -0.2) is 0 Å². The average molecular weight is 308 g/mol. The number of hydrogen-bond acceptors (Lipinski definition) is 4. The zero-order valence-corrected chi connectivity index (χ0v) is 12.8. The van der Waals surface area contributed by atoms with E-state index in [4.69, 9.17) is 21.1 Å². The van der Waals surface area contributed by atoms with Crippen LogP contribution in [0.4, 0.5) is 5.69 Å². The SMILES string of the molecule is CCOc1ccc(NCc2ccc(OC)cc2O)cc1Cl. The molecule has 2 N–H and O–H groups in total. The van der Waals surface area contributed by atoms with E-state index in [0.717, 1.165) is 11.3 Å². The van der Waals surface area contributed by atoms with Crippen molar-refractivity contribution in [1.29, 1.82) is 0 Å². The Morgan fingerprint density at radius 3 is 2.62 bits per heavy atom. The van der Waals surface area contributed by atoms with Crippen LogP contribution in [0.1, 0.15) is 12.5 Å². The van der Waals surface area contributed by atoms with Gasteiger partial charge in [0.05, 0.1) is 18.7 Å². The first-order valence-corrected chi connectivity index (χ1v) is 7.04. The highest BCUT2D eigenvalue weighted by atomic mass is 35.5. The molecule has 0 aliphatic heterocycles. The van der Waals surface area contributed by atoms with Crippen molar-refractivity contribution in [2.24, 2.45) is 0 Å². The lowest BCUT2D eigenvalue weighted by Crippen LogP contribution is -2.00. The maximum Gasteiger partial charge on any atom is 0.138 e. The summed E-state index contributed by atoms with van der Waals surface area (Å²) in [6.45, 7) is 2.97. The van der Waals surface area contributed by atoms with Gasteiger partial charge in [-0.15, -0.1) is 0 Å². The molecule has 0 aliphatic rings. The summed E-state index contributed by atoms with van der Waals surface area (Å²) in [7, 11) is 1.56. The second kappa shape index (κ2) is 7.09. The molecule has 0 amide bonds. The first kappa shape index (κ1) is 15.3. The Bertz CT molecular complexity index is 616. The van der Waals surface area contributed by atoms with Gasteiger partial charge in [-0.05, 0) is 37.3 Å². The first-order chi connectivity index (χ1) is 10.1. The van der Waals surface area contributed by atoms with Crippen LogP contribution in [0.3, 0.4) is 0 Å². The number of phenols is 1. The molecule has 4 nitrogen and oxygen atoms in total. The Kier molecular flexibility index (Phi) is 5.17. The molecule has 21 heavy (non-hydrogen) atoms. The molecule has 2 rings (SSSR count). The molecule has 2 aromatic rings. The largest absolute Gasteiger partial charge is 0.507 e. The van der Waals surface area contributed by atoms with E-state index in [1.54, 1.807) is 19.2 Å². The van der Waals surface area contributed by atoms with Crippen molar-refractivity contribution < 1.29 is 14.6 Å². The van der Waals surface area contributed by atoms with Crippen LogP contribution in [0.15, 0.2) is 36.4 Å². The molecular formula is C16H18ClNO3. The maximum absolute atomic E-state index is 9.90. The molecule has 0 aromatic heterocycles. The van der Waals surface area contributed by atoms with Gasteiger partial charge in [0.2, 0.25) is 0 Å². The van der Waals surface area contributed by atoms with Gasteiger partial charge in [-0.1, -0.05) is 11.6 Å². The van der Waals surface area contributed by atoms with E-state index in [1.165, 1.54) is 0 Å². The van der Waals surface area contributed by atoms with Crippen LogP contribution in [-0.2, 0) is 6.54 Å². The standard InChI is InChI=1S/C16H18ClNO3/c1-3-21-16-7-5-12(8-14(16)17)18-10-11-4-6-13(20-2)9-15(11)19/h4-9,18-19H,3,10H2,1-2H3. The number of methoxy groups -OCH3 is 1. The molecule has 0 fully saturated rings. The van der Waals surface area contributed by atoms with Gasteiger partial charge in [0.15, 0.2) is 0 Å². The third kappa shape index (κ3) is 3.95. The fourth-order valence-electron chi connectivity index (χ4n) is 1.90.